The second-order valence-electron chi connectivity index (χ2n) is 15.4. The van der Waals surface area contributed by atoms with Crippen molar-refractivity contribution >= 4 is 53.6 Å². The Morgan fingerprint density at radius 3 is 1.21 bits per heavy atom. The molecule has 12 rings (SSSR count). The van der Waals surface area contributed by atoms with Crippen LogP contribution in [0.2, 0.25) is 0 Å². The van der Waals surface area contributed by atoms with Crippen LogP contribution in [0.1, 0.15) is 0 Å². The third kappa shape index (κ3) is 5.97. The van der Waals surface area contributed by atoms with E-state index in [-0.39, 0.29) is 0 Å². The molecule has 286 valence electrons. The van der Waals surface area contributed by atoms with Crippen molar-refractivity contribution in [3.05, 3.63) is 218 Å². The first kappa shape index (κ1) is 35.1. The minimum absolute atomic E-state index is 0.894. The van der Waals surface area contributed by atoms with Crippen LogP contribution in [0, 0.1) is 0 Å². The van der Waals surface area contributed by atoms with E-state index in [9.17, 15) is 0 Å². The van der Waals surface area contributed by atoms with Gasteiger partial charge in [-0.2, -0.15) is 0 Å². The maximum atomic E-state index is 5.22. The molecule has 0 amide bonds. The van der Waals surface area contributed by atoms with Crippen LogP contribution in [0.4, 0.5) is 0 Å². The molecule has 5 heteroatoms. The highest BCUT2D eigenvalue weighted by Gasteiger charge is 2.20. The molecule has 0 atom stereocenters. The molecule has 4 nitrogen and oxygen atoms in total. The fourth-order valence-corrected chi connectivity index (χ4v) is 10.3. The van der Waals surface area contributed by atoms with Crippen molar-refractivity contribution in [3.8, 4) is 67.5 Å². The Kier molecular flexibility index (Phi) is 8.32. The summed E-state index contributed by atoms with van der Waals surface area (Å²) in [4.78, 5) is 10.4. The van der Waals surface area contributed by atoms with Gasteiger partial charge in [-0.25, -0.2) is 9.97 Å². The highest BCUT2D eigenvalue weighted by atomic mass is 32.1. The first-order chi connectivity index (χ1) is 30.2. The maximum absolute atomic E-state index is 5.22. The first-order valence-corrected chi connectivity index (χ1v) is 21.4. The number of para-hydroxylation sites is 4. The lowest BCUT2D eigenvalue weighted by Gasteiger charge is -2.17. The van der Waals surface area contributed by atoms with Crippen molar-refractivity contribution in [2.45, 2.75) is 0 Å². The summed E-state index contributed by atoms with van der Waals surface area (Å²) >= 11 is 1.89. The molecule has 0 aliphatic carbocycles. The molecule has 0 saturated heterocycles. The molecular formula is C56H36N4S. The van der Waals surface area contributed by atoms with Gasteiger partial charge in [-0.05, 0) is 75.8 Å². The van der Waals surface area contributed by atoms with Gasteiger partial charge in [0.15, 0.2) is 0 Å². The van der Waals surface area contributed by atoms with Crippen LogP contribution < -0.4 is 0 Å². The van der Waals surface area contributed by atoms with E-state index in [4.69, 9.17) is 9.97 Å². The zero-order valence-electron chi connectivity index (χ0n) is 33.0. The van der Waals surface area contributed by atoms with E-state index in [0.717, 1.165) is 67.3 Å². The summed E-state index contributed by atoms with van der Waals surface area (Å²) in [6, 6.07) is 77.9. The zero-order chi connectivity index (χ0) is 40.3. The highest BCUT2D eigenvalue weighted by Crippen LogP contribution is 2.44. The third-order valence-corrected chi connectivity index (χ3v) is 13.0. The minimum atomic E-state index is 0.894. The van der Waals surface area contributed by atoms with Gasteiger partial charge in [0, 0.05) is 31.3 Å². The lowest BCUT2D eigenvalue weighted by atomic mass is 9.97. The van der Waals surface area contributed by atoms with Crippen molar-refractivity contribution in [2.24, 2.45) is 0 Å². The highest BCUT2D eigenvalue weighted by molar-refractivity contribution is 7.26. The van der Waals surface area contributed by atoms with Gasteiger partial charge >= 0.3 is 0 Å². The molecule has 0 fully saturated rings. The smallest absolute Gasteiger partial charge is 0.145 e. The van der Waals surface area contributed by atoms with Crippen molar-refractivity contribution in [3.63, 3.8) is 0 Å². The number of aromatic nitrogens is 4. The van der Waals surface area contributed by atoms with Crippen LogP contribution in [-0.4, -0.2) is 19.1 Å². The van der Waals surface area contributed by atoms with Gasteiger partial charge in [-0.15, -0.1) is 11.3 Å². The Bertz CT molecular complexity index is 3430. The first-order valence-electron chi connectivity index (χ1n) is 20.6. The molecule has 0 aliphatic rings. The van der Waals surface area contributed by atoms with Crippen molar-refractivity contribution in [1.82, 2.24) is 19.1 Å². The topological polar surface area (TPSA) is 35.6 Å². The number of imidazole rings is 2. The fraction of sp³-hybridized carbons (Fsp3) is 0. The van der Waals surface area contributed by atoms with E-state index in [1.807, 2.05) is 11.3 Å². The fourth-order valence-electron chi connectivity index (χ4n) is 8.89. The van der Waals surface area contributed by atoms with Gasteiger partial charge in [0.25, 0.3) is 0 Å². The SMILES string of the molecule is c1ccc(-c2cccc3c2sc2c(-c4ccc(-c5cc(-n6c(-c7ccccc7)nc7ccccc76)cc(-n6c(-c7ccccc7)nc7ccccc76)c5)cc4)cccc23)cc1. The number of benzene rings is 9. The number of fused-ring (bicyclic) bond motifs is 5. The predicted molar refractivity (Wildman–Crippen MR) is 256 cm³/mol. The van der Waals surface area contributed by atoms with Gasteiger partial charge < -0.3 is 0 Å². The summed E-state index contributed by atoms with van der Waals surface area (Å²) in [5.74, 6) is 1.79. The third-order valence-electron chi connectivity index (χ3n) is 11.7. The van der Waals surface area contributed by atoms with Gasteiger partial charge in [0.2, 0.25) is 0 Å². The zero-order valence-corrected chi connectivity index (χ0v) is 33.8. The molecule has 61 heavy (non-hydrogen) atoms. The molecule has 12 aromatic rings. The Morgan fingerprint density at radius 2 is 0.721 bits per heavy atom. The molecular weight excluding hydrogens is 761 g/mol. The Balaban J connectivity index is 1.06. The van der Waals surface area contributed by atoms with Gasteiger partial charge in [-0.1, -0.05) is 176 Å². The Morgan fingerprint density at radius 1 is 0.311 bits per heavy atom. The van der Waals surface area contributed by atoms with E-state index in [1.54, 1.807) is 0 Å². The Hall–Kier alpha value is -7.86. The summed E-state index contributed by atoms with van der Waals surface area (Å²) in [7, 11) is 0. The second kappa shape index (κ2) is 14.5. The summed E-state index contributed by atoms with van der Waals surface area (Å²) in [5.41, 5.74) is 15.3. The van der Waals surface area contributed by atoms with Crippen LogP contribution >= 0.6 is 11.3 Å². The quantitative estimate of drug-likeness (QED) is 0.161. The van der Waals surface area contributed by atoms with Crippen LogP contribution in [0.15, 0.2) is 218 Å². The number of nitrogens with zero attached hydrogens (tertiary/aromatic N) is 4. The molecule has 0 unspecified atom stereocenters. The number of hydrogen-bond acceptors (Lipinski definition) is 3. The standard InChI is InChI=1S/C56H36N4S/c1-4-16-38(17-5-1)45-22-14-24-47-48-25-15-23-46(54(48)61-53(45)47)39-32-30-37(31-33-39)42-34-43(59-51-28-12-10-26-49(51)57-55(59)40-18-6-2-7-19-40)36-44(35-42)60-52-29-13-11-27-50(52)58-56(60)41-20-8-3-9-21-41/h1-36H. The van der Waals surface area contributed by atoms with E-state index >= 15 is 0 Å². The number of thiophene rings is 1. The molecule has 0 saturated carbocycles. The second-order valence-corrected chi connectivity index (χ2v) is 16.4. The summed E-state index contributed by atoms with van der Waals surface area (Å²) < 4.78 is 7.23. The summed E-state index contributed by atoms with van der Waals surface area (Å²) in [5, 5.41) is 2.59. The van der Waals surface area contributed by atoms with Crippen LogP contribution in [0.25, 0.3) is 110 Å². The van der Waals surface area contributed by atoms with Gasteiger partial charge in [0.1, 0.15) is 11.6 Å². The van der Waals surface area contributed by atoms with E-state index in [2.05, 4.69) is 228 Å². The molecule has 0 N–H and O–H groups in total. The Labute approximate surface area is 356 Å². The molecule has 3 heterocycles. The molecule has 0 radical (unpaired) electrons. The maximum Gasteiger partial charge on any atom is 0.145 e. The molecule has 9 aromatic carbocycles. The number of rotatable bonds is 7. The van der Waals surface area contributed by atoms with Crippen LogP contribution in [-0.2, 0) is 0 Å². The van der Waals surface area contributed by atoms with E-state index < -0.39 is 0 Å². The van der Waals surface area contributed by atoms with Gasteiger partial charge in [-0.3, -0.25) is 9.13 Å². The van der Waals surface area contributed by atoms with E-state index in [0.29, 0.717) is 0 Å². The monoisotopic (exact) mass is 796 g/mol. The van der Waals surface area contributed by atoms with Crippen LogP contribution in [0.3, 0.4) is 0 Å². The van der Waals surface area contributed by atoms with Crippen molar-refractivity contribution in [1.29, 1.82) is 0 Å². The van der Waals surface area contributed by atoms with Crippen LogP contribution in [0.5, 0.6) is 0 Å². The average Bonchev–Trinajstić information content (AvgIpc) is 4.05. The van der Waals surface area contributed by atoms with E-state index in [1.165, 1.54) is 42.4 Å². The van der Waals surface area contributed by atoms with Crippen molar-refractivity contribution < 1.29 is 0 Å². The van der Waals surface area contributed by atoms with Crippen molar-refractivity contribution in [2.75, 3.05) is 0 Å². The van der Waals surface area contributed by atoms with Gasteiger partial charge in [0.05, 0.1) is 33.4 Å². The average molecular weight is 797 g/mol. The molecule has 0 bridgehead atoms. The summed E-state index contributed by atoms with van der Waals surface area (Å²) in [6.07, 6.45) is 0. The number of hydrogen-bond donors (Lipinski definition) is 0. The molecule has 0 spiro atoms. The lowest BCUT2D eigenvalue weighted by Crippen LogP contribution is -2.03. The molecule has 0 aliphatic heterocycles. The largest absolute Gasteiger partial charge is 0.292 e. The normalized spacial score (nSPS) is 11.6. The molecule has 3 aromatic heterocycles. The predicted octanol–water partition coefficient (Wildman–Crippen LogP) is 15.1. The lowest BCUT2D eigenvalue weighted by molar-refractivity contribution is 1.07. The summed E-state index contributed by atoms with van der Waals surface area (Å²) in [6.45, 7) is 0. The minimum Gasteiger partial charge on any atom is -0.292 e.